The predicted molar refractivity (Wildman–Crippen MR) is 64.6 cm³/mol. The molecule has 0 bridgehead atoms. The maximum Gasteiger partial charge on any atom is 0.342 e. The molecule has 1 aromatic rings. The van der Waals surface area contributed by atoms with Gasteiger partial charge in [0.15, 0.2) is 0 Å². The Balaban J connectivity index is 3.28. The molecule has 0 aliphatic heterocycles. The summed E-state index contributed by atoms with van der Waals surface area (Å²) in [6.45, 7) is 0. The van der Waals surface area contributed by atoms with E-state index in [2.05, 4.69) is 0 Å². The number of aliphatic carboxylic acids is 1. The van der Waals surface area contributed by atoms with Crippen LogP contribution in [0.3, 0.4) is 0 Å². The fraction of sp³-hybridized carbons (Fsp3) is 0.125. The van der Waals surface area contributed by atoms with Gasteiger partial charge in [0.1, 0.15) is 0 Å². The van der Waals surface area contributed by atoms with Crippen molar-refractivity contribution >= 4 is 48.4 Å². The van der Waals surface area contributed by atoms with Crippen molar-refractivity contribution in [1.82, 2.24) is 0 Å². The lowest BCUT2D eigenvalue weighted by Crippen LogP contribution is -2.03. The third kappa shape index (κ3) is 2.87. The van der Waals surface area contributed by atoms with Gasteiger partial charge in [-0.05, 0) is 34.2 Å². The fourth-order valence-corrected chi connectivity index (χ4v) is 4.23. The number of carboxylic acids is 1. The van der Waals surface area contributed by atoms with E-state index in [1.807, 2.05) is 22.6 Å². The van der Waals surface area contributed by atoms with E-state index in [-0.39, 0.29) is 9.99 Å². The lowest BCUT2D eigenvalue weighted by molar-refractivity contribution is -0.136. The van der Waals surface area contributed by atoms with Crippen LogP contribution in [0, 0.1) is 7.14 Å². The Morgan fingerprint density at radius 3 is 2.57 bits per heavy atom. The van der Waals surface area contributed by atoms with Gasteiger partial charge in [-0.15, -0.1) is 0 Å². The lowest BCUT2D eigenvalue weighted by Gasteiger charge is -2.01. The Bertz CT molecular complexity index is 429. The van der Waals surface area contributed by atoms with Crippen molar-refractivity contribution in [3.8, 4) is 0 Å². The molecule has 1 rings (SSSR count). The minimum Gasteiger partial charge on any atom is -0.481 e. The normalized spacial score (nSPS) is 10.4. The number of carbonyl (C=O) groups is 1. The quantitative estimate of drug-likeness (QED) is 0.763. The van der Waals surface area contributed by atoms with Crippen LogP contribution >= 0.6 is 42.4 Å². The Morgan fingerprint density at radius 2 is 2.07 bits per heavy atom. The van der Waals surface area contributed by atoms with Gasteiger partial charge in [-0.3, -0.25) is 4.79 Å². The highest BCUT2D eigenvalue weighted by Crippen LogP contribution is 2.27. The molecule has 0 aliphatic carbocycles. The highest BCUT2D eigenvalue weighted by atomic mass is 127. The smallest absolute Gasteiger partial charge is 0.342 e. The summed E-state index contributed by atoms with van der Waals surface area (Å²) in [7, 11) is 0. The van der Waals surface area contributed by atoms with Gasteiger partial charge in [0, 0.05) is 3.57 Å². The molecule has 0 unspecified atom stereocenters. The summed E-state index contributed by atoms with van der Waals surface area (Å²) in [4.78, 5) is 10.5. The van der Waals surface area contributed by atoms with E-state index in [9.17, 15) is 10.9 Å². The minimum absolute atomic E-state index is 0.208. The molecule has 0 spiro atoms. The molecule has 1 N–H and O–H groups in total. The number of benzene rings is 1. The van der Waals surface area contributed by atoms with Crippen molar-refractivity contribution < 1.29 is 16.0 Å². The molecule has 76 valence electrons. The first kappa shape index (κ1) is 11.8. The van der Waals surface area contributed by atoms with Crippen LogP contribution in [0.4, 0.5) is 0 Å². The highest BCUT2D eigenvalue weighted by Gasteiger charge is 2.13. The van der Waals surface area contributed by atoms with E-state index in [1.165, 1.54) is 6.07 Å². The van der Waals surface area contributed by atoms with Crippen LogP contribution in [-0.4, -0.2) is 11.1 Å². The largest absolute Gasteiger partial charge is 0.481 e. The topological polar surface area (TPSA) is 71.4 Å². The lowest BCUT2D eigenvalue weighted by atomic mass is 10.2. The maximum atomic E-state index is 11.0. The summed E-state index contributed by atoms with van der Waals surface area (Å²) in [5.74, 6) is -1.02. The Hall–Kier alpha value is -0.250. The van der Waals surface area contributed by atoms with Crippen LogP contribution in [-0.2, 0) is 17.4 Å². The van der Waals surface area contributed by atoms with E-state index in [4.69, 9.17) is 5.11 Å². The van der Waals surface area contributed by atoms with Crippen molar-refractivity contribution in [3.05, 3.63) is 30.9 Å². The van der Waals surface area contributed by atoms with E-state index in [0.717, 1.165) is 0 Å². The molecular weight excluding hydrogens is 414 g/mol. The molecule has 4 nitrogen and oxygen atoms in total. The molecule has 0 saturated carbocycles. The average molecular weight is 420 g/mol. The number of rotatable bonds is 3. The van der Waals surface area contributed by atoms with E-state index in [1.54, 1.807) is 12.1 Å². The zero-order valence-corrected chi connectivity index (χ0v) is 11.2. The molecule has 0 atom stereocenters. The summed E-state index contributed by atoms with van der Waals surface area (Å²) >= 11 is -1.71. The highest BCUT2D eigenvalue weighted by molar-refractivity contribution is 14.2. The van der Waals surface area contributed by atoms with Gasteiger partial charge >= 0.3 is 25.8 Å². The summed E-state index contributed by atoms with van der Waals surface area (Å²) in [5.41, 5.74) is 0.375. The van der Waals surface area contributed by atoms with E-state index < -0.39 is 25.8 Å². The first-order valence-corrected chi connectivity index (χ1v) is 7.48. The third-order valence-electron chi connectivity index (χ3n) is 1.53. The van der Waals surface area contributed by atoms with Crippen molar-refractivity contribution in [3.63, 3.8) is 0 Å². The van der Waals surface area contributed by atoms with Gasteiger partial charge in [0.05, 0.1) is 9.99 Å². The minimum atomic E-state index is -3.60. The van der Waals surface area contributed by atoms with Crippen molar-refractivity contribution in [2.75, 3.05) is 0 Å². The summed E-state index contributed by atoms with van der Waals surface area (Å²) < 4.78 is 22.7. The Kier molecular flexibility index (Phi) is 4.23. The monoisotopic (exact) mass is 420 g/mol. The zero-order valence-electron chi connectivity index (χ0n) is 6.87. The van der Waals surface area contributed by atoms with Crippen LogP contribution in [0.25, 0.3) is 0 Å². The second kappa shape index (κ2) is 5.01. The standard InChI is InChI=1S/C8H6I2O4/c9-6-3-1-2-5(4-7(11)12)8(6)10(13)14/h1-3H,4H2,(H,11,12). The van der Waals surface area contributed by atoms with Gasteiger partial charge in [0.25, 0.3) is 0 Å². The van der Waals surface area contributed by atoms with Crippen LogP contribution in [0.15, 0.2) is 18.2 Å². The zero-order chi connectivity index (χ0) is 10.7. The van der Waals surface area contributed by atoms with Crippen molar-refractivity contribution in [1.29, 1.82) is 0 Å². The molecule has 1 aromatic carbocycles. The van der Waals surface area contributed by atoms with Gasteiger partial charge < -0.3 is 5.11 Å². The third-order valence-corrected chi connectivity index (χ3v) is 5.61. The number of hydrogen-bond donors (Lipinski definition) is 1. The van der Waals surface area contributed by atoms with E-state index >= 15 is 0 Å². The molecule has 0 saturated heterocycles. The molecule has 0 radical (unpaired) electrons. The molecule has 0 aromatic heterocycles. The Morgan fingerprint density at radius 1 is 1.43 bits per heavy atom. The van der Waals surface area contributed by atoms with E-state index in [0.29, 0.717) is 9.13 Å². The average Bonchev–Trinajstić information content (AvgIpc) is 2.01. The molecule has 14 heavy (non-hydrogen) atoms. The summed E-state index contributed by atoms with van der Waals surface area (Å²) in [5, 5.41) is 8.57. The Labute approximate surface area is 101 Å². The van der Waals surface area contributed by atoms with Crippen LogP contribution in [0.2, 0.25) is 0 Å². The molecular formula is C8H6I2O4. The van der Waals surface area contributed by atoms with Crippen molar-refractivity contribution in [2.24, 2.45) is 0 Å². The predicted octanol–water partition coefficient (Wildman–Crippen LogP) is 2.29. The molecule has 0 aliphatic rings. The second-order valence-electron chi connectivity index (χ2n) is 2.50. The van der Waals surface area contributed by atoms with Gasteiger partial charge in [0.2, 0.25) is 0 Å². The fourth-order valence-electron chi connectivity index (χ4n) is 1.02. The van der Waals surface area contributed by atoms with Crippen LogP contribution in [0.1, 0.15) is 5.56 Å². The molecule has 0 heterocycles. The second-order valence-corrected chi connectivity index (χ2v) is 5.98. The molecule has 0 amide bonds. The van der Waals surface area contributed by atoms with Gasteiger partial charge in [-0.1, -0.05) is 12.1 Å². The van der Waals surface area contributed by atoms with Crippen LogP contribution in [0.5, 0.6) is 0 Å². The number of carboxylic acid groups (broad SMARTS) is 1. The summed E-state index contributed by atoms with van der Waals surface area (Å²) in [6.07, 6.45) is -0.245. The van der Waals surface area contributed by atoms with Gasteiger partial charge in [-0.25, -0.2) is 6.14 Å². The van der Waals surface area contributed by atoms with Crippen molar-refractivity contribution in [2.45, 2.75) is 6.42 Å². The number of hydrogen-bond acceptors (Lipinski definition) is 3. The number of halogens is 2. The first-order valence-electron chi connectivity index (χ1n) is 3.57. The molecule has 0 fully saturated rings. The molecule has 6 heteroatoms. The first-order chi connectivity index (χ1) is 6.52. The maximum absolute atomic E-state index is 11.0. The van der Waals surface area contributed by atoms with Gasteiger partial charge in [-0.2, -0.15) is 0 Å². The SMILES string of the molecule is O=C(O)Cc1cccc(I)c1I(=O)=O. The summed E-state index contributed by atoms with van der Waals surface area (Å²) in [6, 6.07) is 4.84. The van der Waals surface area contributed by atoms with Crippen LogP contribution < -0.4 is 0 Å².